The third kappa shape index (κ3) is 27.9. The van der Waals surface area contributed by atoms with Crippen molar-refractivity contribution in [3.8, 4) is 0 Å². The van der Waals surface area contributed by atoms with Gasteiger partial charge in [0.2, 0.25) is 0 Å². The summed E-state index contributed by atoms with van der Waals surface area (Å²) in [4.78, 5) is 17.7. The fourth-order valence-electron chi connectivity index (χ4n) is 0. The number of carbonyl (C=O) groups is 2. The fourth-order valence-corrected chi connectivity index (χ4v) is 0. The normalized spacial score (nSPS) is 6.00. The molecule has 0 heterocycles. The summed E-state index contributed by atoms with van der Waals surface area (Å²) in [5, 5.41) is 0. The molecule has 0 aliphatic heterocycles. The minimum Gasteiger partial charge on any atom is -0.307 e. The molecule has 0 saturated heterocycles. The van der Waals surface area contributed by atoms with Gasteiger partial charge in [0.25, 0.3) is 0 Å². The molecular formula is C4H7ClO2. The van der Waals surface area contributed by atoms with Crippen molar-refractivity contribution in [2.24, 2.45) is 0 Å². The van der Waals surface area contributed by atoms with Gasteiger partial charge in [-0.15, -0.1) is 11.6 Å². The molecule has 7 heavy (non-hydrogen) atoms. The molecule has 0 unspecified atom stereocenters. The second-order valence-electron chi connectivity index (χ2n) is 0.836. The lowest BCUT2D eigenvalue weighted by atomic mass is 10.5. The number of carbonyl (C=O) groups excluding carboxylic acids is 2. The smallest absolute Gasteiger partial charge is 0.144 e. The molecular weight excluding hydrogens is 115 g/mol. The van der Waals surface area contributed by atoms with Crippen LogP contribution < -0.4 is 0 Å². The molecule has 3 heteroatoms. The maximum absolute atomic E-state index is 9.68. The first-order valence-electron chi connectivity index (χ1n) is 1.61. The number of hydrogen-bond donors (Lipinski definition) is 0. The van der Waals surface area contributed by atoms with E-state index < -0.39 is 0 Å². The molecule has 0 aromatic rings. The van der Waals surface area contributed by atoms with Crippen molar-refractivity contribution in [2.45, 2.75) is 6.92 Å². The molecule has 0 aromatic heterocycles. The Bertz CT molecular complexity index is 53.7. The van der Waals surface area contributed by atoms with Crippen LogP contribution in [0, 0.1) is 0 Å². The van der Waals surface area contributed by atoms with E-state index in [2.05, 4.69) is 0 Å². The third-order valence-electron chi connectivity index (χ3n) is 0.188. The summed E-state index contributed by atoms with van der Waals surface area (Å²) in [6.45, 7) is 3.45. The van der Waals surface area contributed by atoms with Crippen LogP contribution >= 0.6 is 11.6 Å². The summed E-state index contributed by atoms with van der Waals surface area (Å²) in [5.41, 5.74) is 0. The van der Waals surface area contributed by atoms with E-state index in [9.17, 15) is 4.79 Å². The van der Waals surface area contributed by atoms with Crippen LogP contribution in [0.2, 0.25) is 0 Å². The van der Waals surface area contributed by atoms with Crippen molar-refractivity contribution in [1.82, 2.24) is 0 Å². The van der Waals surface area contributed by atoms with E-state index >= 15 is 0 Å². The van der Waals surface area contributed by atoms with Gasteiger partial charge in [0, 0.05) is 0 Å². The van der Waals surface area contributed by atoms with E-state index in [4.69, 9.17) is 16.4 Å². The van der Waals surface area contributed by atoms with E-state index in [0.717, 1.165) is 0 Å². The average molecular weight is 123 g/mol. The van der Waals surface area contributed by atoms with Crippen LogP contribution in [0.5, 0.6) is 0 Å². The first-order chi connectivity index (χ1) is 3.27. The predicted molar refractivity (Wildman–Crippen MR) is 28.5 cm³/mol. The Hall–Kier alpha value is -0.370. The number of rotatable bonds is 1. The summed E-state index contributed by atoms with van der Waals surface area (Å²) in [6, 6.07) is 0. The minimum atomic E-state index is 0.0201. The summed E-state index contributed by atoms with van der Waals surface area (Å²) < 4.78 is 0. The molecule has 0 aliphatic rings. The maximum Gasteiger partial charge on any atom is 0.144 e. The van der Waals surface area contributed by atoms with Gasteiger partial charge >= 0.3 is 0 Å². The molecule has 0 radical (unpaired) electrons. The van der Waals surface area contributed by atoms with Crippen molar-refractivity contribution in [1.29, 1.82) is 0 Å². The highest BCUT2D eigenvalue weighted by atomic mass is 35.5. The van der Waals surface area contributed by atoms with E-state index in [0.29, 0.717) is 0 Å². The van der Waals surface area contributed by atoms with E-state index in [1.165, 1.54) is 6.92 Å². The number of hydrogen-bond acceptors (Lipinski definition) is 2. The average Bonchev–Trinajstić information content (AvgIpc) is 1.73. The molecule has 0 atom stereocenters. The van der Waals surface area contributed by atoms with Gasteiger partial charge in [-0.1, -0.05) is 0 Å². The van der Waals surface area contributed by atoms with Gasteiger partial charge in [-0.25, -0.2) is 0 Å². The SMILES string of the molecule is C=O.CC(=O)CCl. The Labute approximate surface area is 47.5 Å². The molecule has 0 fully saturated rings. The van der Waals surface area contributed by atoms with Crippen LogP contribution in [0.4, 0.5) is 0 Å². The fraction of sp³-hybridized carbons (Fsp3) is 0.500. The highest BCUT2D eigenvalue weighted by molar-refractivity contribution is 6.27. The van der Waals surface area contributed by atoms with Crippen molar-refractivity contribution in [2.75, 3.05) is 5.88 Å². The van der Waals surface area contributed by atoms with E-state index in [-0.39, 0.29) is 11.7 Å². The second-order valence-corrected chi connectivity index (χ2v) is 1.10. The lowest BCUT2D eigenvalue weighted by Crippen LogP contribution is -1.86. The zero-order chi connectivity index (χ0) is 6.28. The van der Waals surface area contributed by atoms with Crippen LogP contribution in [0.25, 0.3) is 0 Å². The minimum absolute atomic E-state index is 0.0201. The molecule has 0 saturated carbocycles. The molecule has 0 aromatic carbocycles. The van der Waals surface area contributed by atoms with Crippen LogP contribution in [0.3, 0.4) is 0 Å². The van der Waals surface area contributed by atoms with Gasteiger partial charge in [0.15, 0.2) is 0 Å². The molecule has 0 rings (SSSR count). The summed E-state index contributed by atoms with van der Waals surface area (Å²) in [5.74, 6) is 0.159. The van der Waals surface area contributed by atoms with Gasteiger partial charge in [-0.2, -0.15) is 0 Å². The van der Waals surface area contributed by atoms with Crippen LogP contribution in [0.1, 0.15) is 6.92 Å². The summed E-state index contributed by atoms with van der Waals surface area (Å²) in [7, 11) is 0. The maximum atomic E-state index is 9.68. The number of Topliss-reactive ketones (excluding diaryl/α,β-unsaturated/α-hetero) is 1. The second kappa shape index (κ2) is 9.16. The highest BCUT2D eigenvalue weighted by Crippen LogP contribution is 1.71. The van der Waals surface area contributed by atoms with Gasteiger partial charge in [-0.05, 0) is 6.92 Å². The highest BCUT2D eigenvalue weighted by Gasteiger charge is 1.79. The Morgan fingerprint density at radius 3 is 1.86 bits per heavy atom. The summed E-state index contributed by atoms with van der Waals surface area (Å²) >= 11 is 4.99. The molecule has 0 spiro atoms. The monoisotopic (exact) mass is 122 g/mol. The zero-order valence-electron chi connectivity index (χ0n) is 4.11. The first-order valence-corrected chi connectivity index (χ1v) is 2.15. The Morgan fingerprint density at radius 1 is 1.71 bits per heavy atom. The van der Waals surface area contributed by atoms with Crippen LogP contribution in [0.15, 0.2) is 0 Å². The van der Waals surface area contributed by atoms with Crippen molar-refractivity contribution in [3.05, 3.63) is 0 Å². The molecule has 2 nitrogen and oxygen atoms in total. The number of halogens is 1. The topological polar surface area (TPSA) is 34.1 Å². The van der Waals surface area contributed by atoms with Crippen molar-refractivity contribution < 1.29 is 9.59 Å². The Kier molecular flexibility index (Phi) is 12.8. The molecule has 0 bridgehead atoms. The number of alkyl halides is 1. The lowest BCUT2D eigenvalue weighted by Gasteiger charge is -1.69. The van der Waals surface area contributed by atoms with Gasteiger partial charge in [0.1, 0.15) is 12.6 Å². The number of ketones is 1. The zero-order valence-corrected chi connectivity index (χ0v) is 4.86. The molecule has 0 N–H and O–H groups in total. The summed E-state index contributed by atoms with van der Waals surface area (Å²) in [6.07, 6.45) is 0. The standard InChI is InChI=1S/C3H5ClO.CH2O/c1-3(5)2-4;1-2/h2H2,1H3;1H2. The molecule has 42 valence electrons. The van der Waals surface area contributed by atoms with Gasteiger partial charge in [-0.3, -0.25) is 4.79 Å². The van der Waals surface area contributed by atoms with Crippen LogP contribution in [-0.2, 0) is 9.59 Å². The van der Waals surface area contributed by atoms with Gasteiger partial charge in [0.05, 0.1) is 5.88 Å². The van der Waals surface area contributed by atoms with Crippen LogP contribution in [-0.4, -0.2) is 18.5 Å². The quantitative estimate of drug-likeness (QED) is 0.478. The molecule has 0 amide bonds. The lowest BCUT2D eigenvalue weighted by molar-refractivity contribution is -0.114. The molecule has 0 aliphatic carbocycles. The predicted octanol–water partition coefficient (Wildman–Crippen LogP) is 0.629. The van der Waals surface area contributed by atoms with Crippen molar-refractivity contribution in [3.63, 3.8) is 0 Å². The van der Waals surface area contributed by atoms with Crippen molar-refractivity contribution >= 4 is 24.2 Å². The Balaban J connectivity index is 0. The van der Waals surface area contributed by atoms with Gasteiger partial charge < -0.3 is 4.79 Å². The van der Waals surface area contributed by atoms with E-state index in [1.807, 2.05) is 6.79 Å². The Morgan fingerprint density at radius 2 is 1.86 bits per heavy atom. The third-order valence-corrected chi connectivity index (χ3v) is 0.565. The first kappa shape index (κ1) is 9.80. The largest absolute Gasteiger partial charge is 0.307 e. The van der Waals surface area contributed by atoms with E-state index in [1.54, 1.807) is 0 Å².